The van der Waals surface area contributed by atoms with Gasteiger partial charge in [-0.25, -0.2) is 4.98 Å². The molecule has 0 aliphatic carbocycles. The minimum absolute atomic E-state index is 0.149. The van der Waals surface area contributed by atoms with Crippen LogP contribution in [0.25, 0.3) is 11.0 Å². The van der Waals surface area contributed by atoms with Gasteiger partial charge >= 0.3 is 0 Å². The van der Waals surface area contributed by atoms with Crippen molar-refractivity contribution in [1.82, 2.24) is 9.55 Å². The van der Waals surface area contributed by atoms with Crippen molar-refractivity contribution in [1.29, 1.82) is 0 Å². The second kappa shape index (κ2) is 3.75. The zero-order chi connectivity index (χ0) is 11.1. The van der Waals surface area contributed by atoms with Crippen molar-refractivity contribution in [3.63, 3.8) is 0 Å². The fraction of sp³-hybridized carbons (Fsp3) is 0.417. The predicted octanol–water partition coefficient (Wildman–Crippen LogP) is 3.08. The Hall–Kier alpha value is -1.06. The molecule has 0 spiro atoms. The van der Waals surface area contributed by atoms with Crippen LogP contribution in [0.3, 0.4) is 0 Å². The standard InChI is InChI=1S/C12H13ClN2O/c1-15-10-5-4-8(13)7-9(10)14-12(15)11-3-2-6-16-11/h4-5,7,11H,2-3,6H2,1H3. The summed E-state index contributed by atoms with van der Waals surface area (Å²) < 4.78 is 7.76. The lowest BCUT2D eigenvalue weighted by Crippen LogP contribution is -2.04. The third-order valence-corrected chi connectivity index (χ3v) is 3.33. The van der Waals surface area contributed by atoms with Crippen molar-refractivity contribution in [2.45, 2.75) is 18.9 Å². The Morgan fingerprint density at radius 1 is 1.50 bits per heavy atom. The lowest BCUT2D eigenvalue weighted by molar-refractivity contribution is 0.103. The Morgan fingerprint density at radius 2 is 2.38 bits per heavy atom. The fourth-order valence-electron chi connectivity index (χ4n) is 2.26. The SMILES string of the molecule is Cn1c(C2CCCO2)nc2cc(Cl)ccc21. The molecule has 1 unspecified atom stereocenters. The normalized spacial score (nSPS) is 20.8. The van der Waals surface area contributed by atoms with Crippen molar-refractivity contribution in [3.05, 3.63) is 29.0 Å². The molecule has 1 saturated heterocycles. The molecule has 0 N–H and O–H groups in total. The van der Waals surface area contributed by atoms with E-state index in [1.54, 1.807) is 0 Å². The Morgan fingerprint density at radius 3 is 3.12 bits per heavy atom. The number of benzene rings is 1. The largest absolute Gasteiger partial charge is 0.370 e. The number of halogens is 1. The average molecular weight is 237 g/mol. The van der Waals surface area contributed by atoms with Crippen molar-refractivity contribution in [2.75, 3.05) is 6.61 Å². The van der Waals surface area contributed by atoms with E-state index in [1.807, 2.05) is 25.2 Å². The molecule has 0 radical (unpaired) electrons. The molecule has 84 valence electrons. The monoisotopic (exact) mass is 236 g/mol. The highest BCUT2D eigenvalue weighted by Crippen LogP contribution is 2.30. The Kier molecular flexibility index (Phi) is 2.37. The van der Waals surface area contributed by atoms with Gasteiger partial charge in [-0.3, -0.25) is 0 Å². The molecule has 16 heavy (non-hydrogen) atoms. The first kappa shape index (κ1) is 10.1. The van der Waals surface area contributed by atoms with Crippen molar-refractivity contribution in [3.8, 4) is 0 Å². The number of imidazole rings is 1. The number of hydrogen-bond donors (Lipinski definition) is 0. The first-order valence-corrected chi connectivity index (χ1v) is 5.87. The maximum absolute atomic E-state index is 5.96. The predicted molar refractivity (Wildman–Crippen MR) is 63.7 cm³/mol. The Bertz CT molecular complexity index is 529. The summed E-state index contributed by atoms with van der Waals surface area (Å²) in [6, 6.07) is 5.79. The van der Waals surface area contributed by atoms with Gasteiger partial charge in [0, 0.05) is 18.7 Å². The summed E-state index contributed by atoms with van der Waals surface area (Å²) in [7, 11) is 2.03. The summed E-state index contributed by atoms with van der Waals surface area (Å²) in [5.74, 6) is 1.01. The van der Waals surface area contributed by atoms with Gasteiger partial charge in [-0.2, -0.15) is 0 Å². The molecule has 2 aromatic rings. The van der Waals surface area contributed by atoms with E-state index in [-0.39, 0.29) is 6.10 Å². The van der Waals surface area contributed by atoms with Gasteiger partial charge in [0.1, 0.15) is 11.9 Å². The number of aromatic nitrogens is 2. The first-order chi connectivity index (χ1) is 7.75. The van der Waals surface area contributed by atoms with Crippen LogP contribution in [0.1, 0.15) is 24.8 Å². The molecule has 3 rings (SSSR count). The lowest BCUT2D eigenvalue weighted by Gasteiger charge is -2.08. The van der Waals surface area contributed by atoms with Gasteiger partial charge in [-0.05, 0) is 31.0 Å². The topological polar surface area (TPSA) is 27.1 Å². The molecule has 4 heteroatoms. The Balaban J connectivity index is 2.14. The van der Waals surface area contributed by atoms with Crippen molar-refractivity contribution < 1.29 is 4.74 Å². The maximum atomic E-state index is 5.96. The van der Waals surface area contributed by atoms with Crippen LogP contribution in [0.5, 0.6) is 0 Å². The van der Waals surface area contributed by atoms with Gasteiger partial charge in [0.15, 0.2) is 0 Å². The first-order valence-electron chi connectivity index (χ1n) is 5.49. The van der Waals surface area contributed by atoms with Crippen molar-refractivity contribution >= 4 is 22.6 Å². The number of hydrogen-bond acceptors (Lipinski definition) is 2. The van der Waals surface area contributed by atoms with Gasteiger partial charge in [0.25, 0.3) is 0 Å². The van der Waals surface area contributed by atoms with Gasteiger partial charge in [0.2, 0.25) is 0 Å². The van der Waals surface area contributed by atoms with Crippen LogP contribution in [0.4, 0.5) is 0 Å². The number of aryl methyl sites for hydroxylation is 1. The second-order valence-electron chi connectivity index (χ2n) is 4.16. The van der Waals surface area contributed by atoms with E-state index in [0.29, 0.717) is 0 Å². The molecule has 2 heterocycles. The molecule has 1 aromatic heterocycles. The van der Waals surface area contributed by atoms with Crippen LogP contribution in [-0.2, 0) is 11.8 Å². The van der Waals surface area contributed by atoms with Crippen LogP contribution < -0.4 is 0 Å². The highest BCUT2D eigenvalue weighted by Gasteiger charge is 2.23. The number of nitrogens with zero attached hydrogens (tertiary/aromatic N) is 2. The molecule has 0 saturated carbocycles. The van der Waals surface area contributed by atoms with E-state index < -0.39 is 0 Å². The molecular weight excluding hydrogens is 224 g/mol. The van der Waals surface area contributed by atoms with E-state index in [4.69, 9.17) is 16.3 Å². The van der Waals surface area contributed by atoms with E-state index in [9.17, 15) is 0 Å². The average Bonchev–Trinajstić information content (AvgIpc) is 2.86. The van der Waals surface area contributed by atoms with Gasteiger partial charge in [-0.15, -0.1) is 0 Å². The summed E-state index contributed by atoms with van der Waals surface area (Å²) in [6.45, 7) is 0.842. The highest BCUT2D eigenvalue weighted by molar-refractivity contribution is 6.31. The highest BCUT2D eigenvalue weighted by atomic mass is 35.5. The zero-order valence-corrected chi connectivity index (χ0v) is 9.87. The molecule has 1 atom stereocenters. The molecule has 0 bridgehead atoms. The smallest absolute Gasteiger partial charge is 0.138 e. The summed E-state index contributed by atoms with van der Waals surface area (Å²) in [5, 5.41) is 0.726. The molecule has 0 amide bonds. The minimum atomic E-state index is 0.149. The van der Waals surface area contributed by atoms with Crippen LogP contribution in [0.15, 0.2) is 18.2 Å². The summed E-state index contributed by atoms with van der Waals surface area (Å²) in [5.41, 5.74) is 2.05. The summed E-state index contributed by atoms with van der Waals surface area (Å²) in [6.07, 6.45) is 2.33. The lowest BCUT2D eigenvalue weighted by atomic mass is 10.2. The maximum Gasteiger partial charge on any atom is 0.138 e. The van der Waals surface area contributed by atoms with Crippen LogP contribution in [0.2, 0.25) is 5.02 Å². The number of ether oxygens (including phenoxy) is 1. The van der Waals surface area contributed by atoms with E-state index >= 15 is 0 Å². The number of rotatable bonds is 1. The van der Waals surface area contributed by atoms with Gasteiger partial charge in [-0.1, -0.05) is 11.6 Å². The second-order valence-corrected chi connectivity index (χ2v) is 4.60. The molecular formula is C12H13ClN2O. The van der Waals surface area contributed by atoms with E-state index in [1.165, 1.54) is 0 Å². The summed E-state index contributed by atoms with van der Waals surface area (Å²) >= 11 is 5.96. The Labute approximate surface area is 99.0 Å². The fourth-order valence-corrected chi connectivity index (χ4v) is 2.43. The van der Waals surface area contributed by atoms with Crippen molar-refractivity contribution in [2.24, 2.45) is 7.05 Å². The van der Waals surface area contributed by atoms with Crippen LogP contribution in [0, 0.1) is 0 Å². The third kappa shape index (κ3) is 1.51. The van der Waals surface area contributed by atoms with Gasteiger partial charge in [0.05, 0.1) is 11.0 Å². The van der Waals surface area contributed by atoms with Crippen LogP contribution >= 0.6 is 11.6 Å². The quantitative estimate of drug-likeness (QED) is 0.761. The molecule has 1 aliphatic heterocycles. The third-order valence-electron chi connectivity index (χ3n) is 3.10. The minimum Gasteiger partial charge on any atom is -0.370 e. The van der Waals surface area contributed by atoms with E-state index in [0.717, 1.165) is 41.3 Å². The van der Waals surface area contributed by atoms with E-state index in [2.05, 4.69) is 9.55 Å². The molecule has 1 aliphatic rings. The summed E-state index contributed by atoms with van der Waals surface area (Å²) in [4.78, 5) is 4.61. The van der Waals surface area contributed by atoms with Gasteiger partial charge < -0.3 is 9.30 Å². The molecule has 3 nitrogen and oxygen atoms in total. The molecule has 1 fully saturated rings. The zero-order valence-electron chi connectivity index (χ0n) is 9.11. The number of fused-ring (bicyclic) bond motifs is 1. The molecule has 1 aromatic carbocycles. The van der Waals surface area contributed by atoms with Crippen LogP contribution in [-0.4, -0.2) is 16.2 Å².